The summed E-state index contributed by atoms with van der Waals surface area (Å²) in [6.07, 6.45) is -16.3. The van der Waals surface area contributed by atoms with Gasteiger partial charge in [-0.2, -0.15) is 26.3 Å². The van der Waals surface area contributed by atoms with E-state index in [9.17, 15) is 36.2 Å². The molecule has 0 unspecified atom stereocenters. The highest BCUT2D eigenvalue weighted by Crippen LogP contribution is 2.41. The zero-order valence-corrected chi connectivity index (χ0v) is 6.89. The zero-order chi connectivity index (χ0) is 12.4. The summed E-state index contributed by atoms with van der Waals surface area (Å²) in [5, 5.41) is 18.3. The standard InChI is InChI=1S/C6H6F6O3/c7-5(8,9)4(6(10,11)12)2(13)1-3(14)15/h2,4,13H,1H2,(H,14,15)/p-1/t2-/m0/s1. The smallest absolute Gasteiger partial charge is 0.403 e. The van der Waals surface area contributed by atoms with E-state index in [1.807, 2.05) is 0 Å². The Balaban J connectivity index is 4.88. The van der Waals surface area contributed by atoms with Gasteiger partial charge < -0.3 is 15.0 Å². The van der Waals surface area contributed by atoms with Crippen LogP contribution >= 0.6 is 0 Å². The molecular weight excluding hydrogens is 234 g/mol. The molecule has 0 aliphatic carbocycles. The molecule has 0 heterocycles. The van der Waals surface area contributed by atoms with E-state index in [2.05, 4.69) is 0 Å². The van der Waals surface area contributed by atoms with Crippen molar-refractivity contribution in [2.24, 2.45) is 5.92 Å². The van der Waals surface area contributed by atoms with Crippen LogP contribution in [0.15, 0.2) is 0 Å². The minimum Gasteiger partial charge on any atom is -0.550 e. The van der Waals surface area contributed by atoms with E-state index >= 15 is 0 Å². The van der Waals surface area contributed by atoms with Crippen molar-refractivity contribution >= 4 is 5.97 Å². The van der Waals surface area contributed by atoms with Crippen LogP contribution < -0.4 is 5.11 Å². The van der Waals surface area contributed by atoms with Gasteiger partial charge in [0.25, 0.3) is 0 Å². The Hall–Kier alpha value is -0.990. The molecule has 1 N–H and O–H groups in total. The molecule has 90 valence electrons. The van der Waals surface area contributed by atoms with Crippen LogP contribution in [0.3, 0.4) is 0 Å². The molecule has 0 aromatic heterocycles. The van der Waals surface area contributed by atoms with Gasteiger partial charge in [0, 0.05) is 12.4 Å². The second-order valence-electron chi connectivity index (χ2n) is 2.70. The van der Waals surface area contributed by atoms with E-state index in [4.69, 9.17) is 5.11 Å². The van der Waals surface area contributed by atoms with Crippen LogP contribution in [0.1, 0.15) is 6.42 Å². The predicted octanol–water partition coefficient (Wildman–Crippen LogP) is 0.228. The van der Waals surface area contributed by atoms with Gasteiger partial charge >= 0.3 is 12.4 Å². The Morgan fingerprint density at radius 3 is 1.67 bits per heavy atom. The molecule has 1 atom stereocenters. The Morgan fingerprint density at radius 2 is 1.47 bits per heavy atom. The fraction of sp³-hybridized carbons (Fsp3) is 0.833. The first kappa shape index (κ1) is 14.0. The molecule has 15 heavy (non-hydrogen) atoms. The number of aliphatic hydroxyl groups excluding tert-OH is 1. The third-order valence-electron chi connectivity index (χ3n) is 1.47. The number of carbonyl (C=O) groups is 1. The maximum absolute atomic E-state index is 11.8. The number of hydrogen-bond donors (Lipinski definition) is 1. The Bertz CT molecular complexity index is 218. The van der Waals surface area contributed by atoms with Gasteiger partial charge in [-0.3, -0.25) is 0 Å². The van der Waals surface area contributed by atoms with Gasteiger partial charge in [-0.15, -0.1) is 0 Å². The van der Waals surface area contributed by atoms with Crippen LogP contribution in [0.5, 0.6) is 0 Å². The Kier molecular flexibility index (Phi) is 3.97. The lowest BCUT2D eigenvalue weighted by atomic mass is 9.98. The molecule has 0 aromatic carbocycles. The number of alkyl halides is 6. The second kappa shape index (κ2) is 4.25. The van der Waals surface area contributed by atoms with Gasteiger partial charge in [-0.25, -0.2) is 0 Å². The highest BCUT2D eigenvalue weighted by Gasteiger charge is 2.59. The van der Waals surface area contributed by atoms with Gasteiger partial charge in [0.1, 0.15) is 0 Å². The number of hydrogen-bond acceptors (Lipinski definition) is 3. The molecule has 0 bridgehead atoms. The summed E-state index contributed by atoms with van der Waals surface area (Å²) >= 11 is 0. The first-order chi connectivity index (χ1) is 6.46. The summed E-state index contributed by atoms with van der Waals surface area (Å²) in [5.41, 5.74) is 0. The van der Waals surface area contributed by atoms with Crippen LogP contribution in [0.25, 0.3) is 0 Å². The molecule has 9 heteroatoms. The summed E-state index contributed by atoms with van der Waals surface area (Å²) in [6, 6.07) is 0. The van der Waals surface area contributed by atoms with Crippen molar-refractivity contribution in [2.75, 3.05) is 0 Å². The maximum Gasteiger partial charge on any atom is 0.403 e. The molecule has 0 aliphatic heterocycles. The lowest BCUT2D eigenvalue weighted by molar-refractivity contribution is -0.321. The van der Waals surface area contributed by atoms with E-state index < -0.39 is 36.8 Å². The van der Waals surface area contributed by atoms with Crippen molar-refractivity contribution < 1.29 is 41.4 Å². The van der Waals surface area contributed by atoms with E-state index in [-0.39, 0.29) is 0 Å². The fourth-order valence-corrected chi connectivity index (χ4v) is 0.910. The van der Waals surface area contributed by atoms with Crippen molar-refractivity contribution in [2.45, 2.75) is 24.9 Å². The quantitative estimate of drug-likeness (QED) is 0.717. The van der Waals surface area contributed by atoms with Gasteiger partial charge in [-0.05, 0) is 0 Å². The van der Waals surface area contributed by atoms with E-state index in [1.54, 1.807) is 0 Å². The van der Waals surface area contributed by atoms with Crippen LogP contribution in [0, 0.1) is 5.92 Å². The molecule has 0 aromatic rings. The van der Waals surface area contributed by atoms with Crippen molar-refractivity contribution in [3.8, 4) is 0 Å². The summed E-state index contributed by atoms with van der Waals surface area (Å²) < 4.78 is 70.9. The number of carbonyl (C=O) groups excluding carboxylic acids is 1. The minimum absolute atomic E-state index is 1.73. The van der Waals surface area contributed by atoms with Gasteiger partial charge in [0.15, 0.2) is 5.92 Å². The lowest BCUT2D eigenvalue weighted by Gasteiger charge is -2.27. The molecule has 0 aliphatic rings. The third kappa shape index (κ3) is 4.36. The largest absolute Gasteiger partial charge is 0.550 e. The normalized spacial score (nSPS) is 15.5. The summed E-state index contributed by atoms with van der Waals surface area (Å²) in [6.45, 7) is 0. The first-order valence-electron chi connectivity index (χ1n) is 3.47. The first-order valence-corrected chi connectivity index (χ1v) is 3.47. The van der Waals surface area contributed by atoms with Crippen LogP contribution in [0.2, 0.25) is 0 Å². The highest BCUT2D eigenvalue weighted by atomic mass is 19.4. The average Bonchev–Trinajstić information content (AvgIpc) is 1.74. The van der Waals surface area contributed by atoms with E-state index in [1.165, 1.54) is 0 Å². The van der Waals surface area contributed by atoms with Crippen LogP contribution in [-0.2, 0) is 4.79 Å². The zero-order valence-electron chi connectivity index (χ0n) is 6.89. The lowest BCUT2D eigenvalue weighted by Crippen LogP contribution is -2.46. The molecule has 0 radical (unpaired) electrons. The summed E-state index contributed by atoms with van der Waals surface area (Å²) in [7, 11) is 0. The van der Waals surface area contributed by atoms with Crippen LogP contribution in [0.4, 0.5) is 26.3 Å². The van der Waals surface area contributed by atoms with Crippen molar-refractivity contribution in [3.05, 3.63) is 0 Å². The second-order valence-corrected chi connectivity index (χ2v) is 2.70. The number of carboxylic acid groups (broad SMARTS) is 1. The van der Waals surface area contributed by atoms with Crippen molar-refractivity contribution in [3.63, 3.8) is 0 Å². The van der Waals surface area contributed by atoms with Crippen molar-refractivity contribution in [1.29, 1.82) is 0 Å². The monoisotopic (exact) mass is 239 g/mol. The number of halogens is 6. The molecule has 0 saturated carbocycles. The fourth-order valence-electron chi connectivity index (χ4n) is 0.910. The number of aliphatic hydroxyl groups is 1. The minimum atomic E-state index is -5.76. The molecule has 0 saturated heterocycles. The molecular formula is C6H5F6O3-. The van der Waals surface area contributed by atoms with E-state index in [0.717, 1.165) is 0 Å². The van der Waals surface area contributed by atoms with Gasteiger partial charge in [0.05, 0.1) is 6.10 Å². The average molecular weight is 239 g/mol. The highest BCUT2D eigenvalue weighted by molar-refractivity contribution is 5.64. The van der Waals surface area contributed by atoms with Gasteiger partial charge in [-0.1, -0.05) is 0 Å². The molecule has 0 spiro atoms. The summed E-state index contributed by atoms with van der Waals surface area (Å²) in [4.78, 5) is 9.76. The SMILES string of the molecule is O=C([O-])C[C@H](O)C(C(F)(F)F)C(F)(F)F. The molecule has 3 nitrogen and oxygen atoms in total. The summed E-state index contributed by atoms with van der Waals surface area (Å²) in [5.74, 6) is -6.27. The third-order valence-corrected chi connectivity index (χ3v) is 1.47. The number of aliphatic carboxylic acids is 1. The molecule has 0 fully saturated rings. The topological polar surface area (TPSA) is 60.4 Å². The van der Waals surface area contributed by atoms with Crippen LogP contribution in [-0.4, -0.2) is 29.5 Å². The number of rotatable bonds is 3. The van der Waals surface area contributed by atoms with Crippen molar-refractivity contribution in [1.82, 2.24) is 0 Å². The maximum atomic E-state index is 11.8. The number of carboxylic acids is 1. The molecule has 0 amide bonds. The van der Waals surface area contributed by atoms with Gasteiger partial charge in [0.2, 0.25) is 0 Å². The Morgan fingerprint density at radius 1 is 1.13 bits per heavy atom. The Labute approximate surface area is 79.3 Å². The molecule has 0 rings (SSSR count). The van der Waals surface area contributed by atoms with E-state index in [0.29, 0.717) is 0 Å². The predicted molar refractivity (Wildman–Crippen MR) is 31.2 cm³/mol.